The zero-order valence-electron chi connectivity index (χ0n) is 11.1. The molecule has 106 valence electrons. The number of carboxylic acid groups (broad SMARTS) is 1. The van der Waals surface area contributed by atoms with E-state index in [1.165, 1.54) is 6.26 Å². The highest BCUT2D eigenvalue weighted by molar-refractivity contribution is 7.91. The van der Waals surface area contributed by atoms with Gasteiger partial charge in [0.2, 0.25) is 0 Å². The minimum Gasteiger partial charge on any atom is -0.480 e. The Morgan fingerprint density at radius 2 is 2.06 bits per heavy atom. The monoisotopic (exact) mass is 277 g/mol. The lowest BCUT2D eigenvalue weighted by molar-refractivity contribution is -0.139. The molecule has 0 amide bonds. The van der Waals surface area contributed by atoms with Gasteiger partial charge >= 0.3 is 5.97 Å². The highest BCUT2D eigenvalue weighted by Gasteiger charge is 2.32. The third kappa shape index (κ3) is 4.57. The predicted octanol–water partition coefficient (Wildman–Crippen LogP) is 1.14. The molecule has 0 aromatic carbocycles. The van der Waals surface area contributed by atoms with Gasteiger partial charge in [0.15, 0.2) is 0 Å². The summed E-state index contributed by atoms with van der Waals surface area (Å²) in [4.78, 5) is 12.8. The summed E-state index contributed by atoms with van der Waals surface area (Å²) in [5, 5.41) is 8.61. The van der Waals surface area contributed by atoms with Crippen LogP contribution in [0, 0.1) is 0 Å². The quantitative estimate of drug-likeness (QED) is 0.788. The molecular formula is C12H23NO4S. The van der Waals surface area contributed by atoms with Crippen LogP contribution in [0.1, 0.15) is 39.0 Å². The van der Waals surface area contributed by atoms with E-state index in [1.807, 2.05) is 11.8 Å². The van der Waals surface area contributed by atoms with Crippen LogP contribution in [0.15, 0.2) is 0 Å². The van der Waals surface area contributed by atoms with E-state index < -0.39 is 15.8 Å². The molecule has 1 rings (SSSR count). The fourth-order valence-electron chi connectivity index (χ4n) is 2.69. The number of carbonyl (C=O) groups is 1. The molecule has 1 aliphatic rings. The Hall–Kier alpha value is -0.620. The summed E-state index contributed by atoms with van der Waals surface area (Å²) < 4.78 is 23.2. The Bertz CT molecular complexity index is 380. The van der Waals surface area contributed by atoms with Crippen molar-refractivity contribution in [2.45, 2.75) is 50.3 Å². The summed E-state index contributed by atoms with van der Waals surface area (Å²) in [7, 11) is -3.01. The van der Waals surface area contributed by atoms with Crippen molar-refractivity contribution in [3.8, 4) is 0 Å². The van der Waals surface area contributed by atoms with Crippen molar-refractivity contribution in [1.29, 1.82) is 0 Å². The van der Waals surface area contributed by atoms with E-state index in [1.54, 1.807) is 0 Å². The first-order chi connectivity index (χ1) is 8.34. The van der Waals surface area contributed by atoms with Gasteiger partial charge in [0, 0.05) is 12.3 Å². The lowest BCUT2D eigenvalue weighted by Gasteiger charge is -2.36. The topological polar surface area (TPSA) is 74.7 Å². The van der Waals surface area contributed by atoms with Gasteiger partial charge in [-0.15, -0.1) is 0 Å². The van der Waals surface area contributed by atoms with E-state index in [0.717, 1.165) is 19.3 Å². The number of carboxylic acids is 1. The molecule has 1 aliphatic carbocycles. The number of rotatable bonds is 6. The van der Waals surface area contributed by atoms with Crippen LogP contribution in [0.25, 0.3) is 0 Å². The van der Waals surface area contributed by atoms with Crippen LogP contribution in [0.3, 0.4) is 0 Å². The van der Waals surface area contributed by atoms with Crippen LogP contribution in [0.4, 0.5) is 0 Å². The first-order valence-electron chi connectivity index (χ1n) is 6.49. The molecule has 0 bridgehead atoms. The van der Waals surface area contributed by atoms with Gasteiger partial charge in [-0.3, -0.25) is 9.69 Å². The van der Waals surface area contributed by atoms with Crippen molar-refractivity contribution in [2.24, 2.45) is 0 Å². The molecule has 0 aromatic heterocycles. The molecule has 5 nitrogen and oxygen atoms in total. The van der Waals surface area contributed by atoms with Gasteiger partial charge < -0.3 is 5.11 Å². The minimum atomic E-state index is -3.01. The smallest absolute Gasteiger partial charge is 0.317 e. The lowest BCUT2D eigenvalue weighted by Crippen LogP contribution is -2.44. The van der Waals surface area contributed by atoms with Crippen LogP contribution in [-0.4, -0.2) is 55.0 Å². The molecule has 2 atom stereocenters. The Morgan fingerprint density at radius 3 is 2.56 bits per heavy atom. The largest absolute Gasteiger partial charge is 0.480 e. The molecule has 18 heavy (non-hydrogen) atoms. The Labute approximate surface area is 109 Å². The third-order valence-corrected chi connectivity index (χ3v) is 5.21. The van der Waals surface area contributed by atoms with Crippen molar-refractivity contribution in [2.75, 3.05) is 19.3 Å². The van der Waals surface area contributed by atoms with Gasteiger partial charge in [-0.25, -0.2) is 8.42 Å². The minimum absolute atomic E-state index is 0.00892. The Balaban J connectivity index is 2.70. The molecular weight excluding hydrogens is 254 g/mol. The molecule has 0 spiro atoms. The van der Waals surface area contributed by atoms with E-state index in [9.17, 15) is 13.2 Å². The van der Waals surface area contributed by atoms with Crippen LogP contribution >= 0.6 is 0 Å². The molecule has 0 heterocycles. The van der Waals surface area contributed by atoms with Crippen molar-refractivity contribution >= 4 is 15.8 Å². The van der Waals surface area contributed by atoms with E-state index in [2.05, 4.69) is 0 Å². The normalized spacial score (nSPS) is 25.3. The van der Waals surface area contributed by atoms with Crippen LogP contribution in [0.2, 0.25) is 0 Å². The first-order valence-corrected chi connectivity index (χ1v) is 8.44. The molecule has 1 fully saturated rings. The maximum atomic E-state index is 11.6. The van der Waals surface area contributed by atoms with E-state index >= 15 is 0 Å². The van der Waals surface area contributed by atoms with Gasteiger partial charge in [0.05, 0.1) is 11.8 Å². The van der Waals surface area contributed by atoms with E-state index in [0.29, 0.717) is 19.4 Å². The number of hydrogen-bond donors (Lipinski definition) is 1. The fourth-order valence-corrected chi connectivity index (χ4v) is 3.86. The van der Waals surface area contributed by atoms with E-state index in [4.69, 9.17) is 5.11 Å². The predicted molar refractivity (Wildman–Crippen MR) is 70.4 cm³/mol. The van der Waals surface area contributed by atoms with Crippen LogP contribution in [-0.2, 0) is 14.6 Å². The summed E-state index contributed by atoms with van der Waals surface area (Å²) >= 11 is 0. The first kappa shape index (κ1) is 15.4. The summed E-state index contributed by atoms with van der Waals surface area (Å²) in [5.74, 6) is -0.843. The van der Waals surface area contributed by atoms with Crippen molar-refractivity contribution in [3.63, 3.8) is 0 Å². The lowest BCUT2D eigenvalue weighted by atomic mass is 9.93. The fraction of sp³-hybridized carbons (Fsp3) is 0.917. The summed E-state index contributed by atoms with van der Waals surface area (Å²) in [6.45, 7) is 2.73. The second kappa shape index (κ2) is 6.52. The molecule has 0 radical (unpaired) electrons. The maximum absolute atomic E-state index is 11.6. The molecule has 1 saturated carbocycles. The highest BCUT2D eigenvalue weighted by atomic mass is 32.2. The number of sulfone groups is 1. The summed E-state index contributed by atoms with van der Waals surface area (Å²) in [6.07, 6.45) is 5.21. The van der Waals surface area contributed by atoms with Gasteiger partial charge in [-0.1, -0.05) is 13.3 Å². The zero-order chi connectivity index (χ0) is 13.8. The average Bonchev–Trinajstić information content (AvgIpc) is 2.27. The van der Waals surface area contributed by atoms with E-state index in [-0.39, 0.29) is 17.8 Å². The molecule has 6 heteroatoms. The standard InChI is InChI=1S/C12H23NO4S/c1-3-7-13(9-12(14)15)10-5-4-6-11(8-10)18(2,16)17/h10-11H,3-9H2,1-2H3,(H,14,15). The Kier molecular flexibility index (Phi) is 5.59. The molecule has 0 saturated heterocycles. The van der Waals surface area contributed by atoms with Gasteiger partial charge in [0.25, 0.3) is 0 Å². The van der Waals surface area contributed by atoms with Gasteiger partial charge in [0.1, 0.15) is 9.84 Å². The molecule has 2 unspecified atom stereocenters. The summed E-state index contributed by atoms with van der Waals surface area (Å²) in [6, 6.07) is 0.0922. The van der Waals surface area contributed by atoms with Crippen LogP contribution in [0.5, 0.6) is 0 Å². The van der Waals surface area contributed by atoms with Crippen molar-refractivity contribution in [3.05, 3.63) is 0 Å². The molecule has 0 aliphatic heterocycles. The SMILES string of the molecule is CCCN(CC(=O)O)C1CCCC(S(C)(=O)=O)C1. The molecule has 1 N–H and O–H groups in total. The van der Waals surface area contributed by atoms with Crippen molar-refractivity contribution in [1.82, 2.24) is 4.90 Å². The number of aliphatic carboxylic acids is 1. The highest BCUT2D eigenvalue weighted by Crippen LogP contribution is 2.27. The number of hydrogen-bond acceptors (Lipinski definition) is 4. The maximum Gasteiger partial charge on any atom is 0.317 e. The average molecular weight is 277 g/mol. The second-order valence-electron chi connectivity index (χ2n) is 5.14. The third-order valence-electron chi connectivity index (χ3n) is 3.57. The van der Waals surface area contributed by atoms with Crippen LogP contribution < -0.4 is 0 Å². The summed E-state index contributed by atoms with van der Waals surface area (Å²) in [5.41, 5.74) is 0. The van der Waals surface area contributed by atoms with Crippen molar-refractivity contribution < 1.29 is 18.3 Å². The number of nitrogens with zero attached hydrogens (tertiary/aromatic N) is 1. The van der Waals surface area contributed by atoms with Gasteiger partial charge in [-0.05, 0) is 32.2 Å². The molecule has 0 aromatic rings. The van der Waals surface area contributed by atoms with Gasteiger partial charge in [-0.2, -0.15) is 0 Å². The zero-order valence-corrected chi connectivity index (χ0v) is 11.9. The Morgan fingerprint density at radius 1 is 1.39 bits per heavy atom. The second-order valence-corrected chi connectivity index (χ2v) is 7.46.